The van der Waals surface area contributed by atoms with Crippen molar-refractivity contribution in [3.63, 3.8) is 0 Å². The van der Waals surface area contributed by atoms with Gasteiger partial charge in [0.05, 0.1) is 36.4 Å². The highest BCUT2D eigenvalue weighted by molar-refractivity contribution is 6.29. The zero-order valence-electron chi connectivity index (χ0n) is 22.6. The Labute approximate surface area is 241 Å². The first kappa shape index (κ1) is 26.9. The molecule has 212 valence electrons. The molecule has 0 bridgehead atoms. The number of fused-ring (bicyclic) bond motifs is 1. The van der Waals surface area contributed by atoms with Gasteiger partial charge >= 0.3 is 6.03 Å². The minimum absolute atomic E-state index is 0.0495. The van der Waals surface area contributed by atoms with Crippen molar-refractivity contribution >= 4 is 46.1 Å². The van der Waals surface area contributed by atoms with Crippen molar-refractivity contribution in [1.82, 2.24) is 34.9 Å². The van der Waals surface area contributed by atoms with Crippen LogP contribution in [0.4, 0.5) is 16.3 Å². The number of aromatic nitrogens is 5. The fraction of sp³-hybridized carbons (Fsp3) is 0.357. The molecule has 5 heterocycles. The smallest absolute Gasteiger partial charge is 0.318 e. The Morgan fingerprint density at radius 3 is 2.41 bits per heavy atom. The fourth-order valence-electron chi connectivity index (χ4n) is 5.22. The van der Waals surface area contributed by atoms with Crippen LogP contribution in [0.2, 0.25) is 5.15 Å². The molecule has 0 unspecified atom stereocenters. The number of anilines is 2. The number of carbonyl (C=O) groups excluding carboxylic acids is 2. The molecule has 0 aliphatic carbocycles. The lowest BCUT2D eigenvalue weighted by atomic mass is 10.0. The molecule has 0 radical (unpaired) electrons. The number of ether oxygens (including phenoxy) is 1. The highest BCUT2D eigenvalue weighted by Crippen LogP contribution is 2.32. The number of nitrogens with zero attached hydrogens (tertiary/aromatic N) is 7. The van der Waals surface area contributed by atoms with Gasteiger partial charge in [-0.15, -0.1) is 0 Å². The number of urea groups is 1. The van der Waals surface area contributed by atoms with Crippen LogP contribution in [0.1, 0.15) is 29.2 Å². The number of pyridine rings is 1. The van der Waals surface area contributed by atoms with Crippen molar-refractivity contribution in [2.24, 2.45) is 0 Å². The van der Waals surface area contributed by atoms with Crippen molar-refractivity contribution in [3.8, 4) is 11.4 Å². The van der Waals surface area contributed by atoms with Gasteiger partial charge in [0.1, 0.15) is 11.0 Å². The molecule has 2 aliphatic heterocycles. The summed E-state index contributed by atoms with van der Waals surface area (Å²) in [6, 6.07) is 10.6. The Morgan fingerprint density at radius 1 is 0.976 bits per heavy atom. The number of benzene rings is 1. The standard InChI is InChI=1S/C28H30ClN9O3/c1-30-28(40)33-20-5-2-18(3-6-20)24-34-25(36-12-14-41-15-13-36)22-17-32-38(26(22)35-24)21-8-10-37(11-9-21)27(39)19-4-7-23(29)31-16-19/h2-7,16-17,21H,8-15H2,1H3,(H2,30,33,40). The van der Waals surface area contributed by atoms with E-state index in [1.807, 2.05) is 40.0 Å². The molecule has 2 N–H and O–H groups in total. The topological polar surface area (TPSA) is 130 Å². The molecule has 3 amide bonds. The number of rotatable bonds is 5. The predicted octanol–water partition coefficient (Wildman–Crippen LogP) is 3.61. The lowest BCUT2D eigenvalue weighted by Crippen LogP contribution is -2.39. The molecule has 2 fully saturated rings. The molecule has 3 aromatic heterocycles. The maximum Gasteiger partial charge on any atom is 0.318 e. The van der Waals surface area contributed by atoms with Gasteiger partial charge in [0.25, 0.3) is 5.91 Å². The van der Waals surface area contributed by atoms with E-state index < -0.39 is 0 Å². The fourth-order valence-corrected chi connectivity index (χ4v) is 5.33. The number of amides is 3. The van der Waals surface area contributed by atoms with Crippen molar-refractivity contribution in [1.29, 1.82) is 0 Å². The second kappa shape index (κ2) is 11.7. The molecule has 0 spiro atoms. The van der Waals surface area contributed by atoms with Crippen LogP contribution >= 0.6 is 11.6 Å². The SMILES string of the molecule is CNC(=O)Nc1ccc(-c2nc(N3CCOCC3)c3cnn(C4CCN(C(=O)c5ccc(Cl)nc5)CC4)c3n2)cc1. The summed E-state index contributed by atoms with van der Waals surface area (Å²) >= 11 is 5.88. The lowest BCUT2D eigenvalue weighted by Gasteiger charge is -2.32. The van der Waals surface area contributed by atoms with Crippen molar-refractivity contribution in [2.45, 2.75) is 18.9 Å². The van der Waals surface area contributed by atoms with Crippen LogP contribution in [0.15, 0.2) is 48.8 Å². The summed E-state index contributed by atoms with van der Waals surface area (Å²) in [6.45, 7) is 3.91. The molecule has 4 aromatic rings. The Kier molecular flexibility index (Phi) is 7.66. The normalized spacial score (nSPS) is 16.1. The molecule has 0 atom stereocenters. The molecule has 41 heavy (non-hydrogen) atoms. The van der Waals surface area contributed by atoms with Crippen molar-refractivity contribution < 1.29 is 14.3 Å². The average Bonchev–Trinajstić information content (AvgIpc) is 3.45. The Bertz CT molecular complexity index is 1540. The van der Waals surface area contributed by atoms with E-state index in [1.54, 1.807) is 19.2 Å². The van der Waals surface area contributed by atoms with E-state index >= 15 is 0 Å². The predicted molar refractivity (Wildman–Crippen MR) is 155 cm³/mol. The van der Waals surface area contributed by atoms with Crippen LogP contribution in [0.5, 0.6) is 0 Å². The maximum absolute atomic E-state index is 13.0. The van der Waals surface area contributed by atoms with E-state index in [-0.39, 0.29) is 18.0 Å². The second-order valence-electron chi connectivity index (χ2n) is 9.97. The van der Waals surface area contributed by atoms with Gasteiger partial charge in [-0.05, 0) is 49.2 Å². The van der Waals surface area contributed by atoms with E-state index in [2.05, 4.69) is 20.5 Å². The molecule has 1 aromatic carbocycles. The number of morpholine rings is 1. The van der Waals surface area contributed by atoms with Crippen LogP contribution in [-0.2, 0) is 4.74 Å². The molecule has 13 heteroatoms. The first-order valence-electron chi connectivity index (χ1n) is 13.6. The Morgan fingerprint density at radius 2 is 1.73 bits per heavy atom. The van der Waals surface area contributed by atoms with Gasteiger partial charge in [0.2, 0.25) is 0 Å². The number of likely N-dealkylation sites (tertiary alicyclic amines) is 1. The minimum Gasteiger partial charge on any atom is -0.378 e. The van der Waals surface area contributed by atoms with E-state index in [4.69, 9.17) is 31.4 Å². The van der Waals surface area contributed by atoms with Crippen LogP contribution < -0.4 is 15.5 Å². The van der Waals surface area contributed by atoms with Gasteiger partial charge in [-0.25, -0.2) is 24.4 Å². The Balaban J connectivity index is 1.29. The largest absolute Gasteiger partial charge is 0.378 e. The molecule has 6 rings (SSSR count). The first-order chi connectivity index (χ1) is 20.0. The summed E-state index contributed by atoms with van der Waals surface area (Å²) in [6.07, 6.45) is 4.85. The molecule has 0 saturated carbocycles. The molecular formula is C28H30ClN9O3. The van der Waals surface area contributed by atoms with Crippen LogP contribution in [0.3, 0.4) is 0 Å². The van der Waals surface area contributed by atoms with Gasteiger partial charge < -0.3 is 25.2 Å². The van der Waals surface area contributed by atoms with E-state index in [9.17, 15) is 9.59 Å². The van der Waals surface area contributed by atoms with Gasteiger partial charge in [-0.2, -0.15) is 5.10 Å². The third-order valence-corrected chi connectivity index (χ3v) is 7.67. The van der Waals surface area contributed by atoms with E-state index in [0.29, 0.717) is 48.5 Å². The summed E-state index contributed by atoms with van der Waals surface area (Å²) in [5.41, 5.74) is 2.79. The van der Waals surface area contributed by atoms with E-state index in [0.717, 1.165) is 48.3 Å². The first-order valence-corrected chi connectivity index (χ1v) is 14.0. The Hall–Kier alpha value is -4.29. The zero-order chi connectivity index (χ0) is 28.3. The summed E-state index contributed by atoms with van der Waals surface area (Å²) in [5.74, 6) is 1.36. The lowest BCUT2D eigenvalue weighted by molar-refractivity contribution is 0.0691. The van der Waals surface area contributed by atoms with Gasteiger partial charge in [-0.1, -0.05) is 11.6 Å². The highest BCUT2D eigenvalue weighted by atomic mass is 35.5. The number of piperidine rings is 1. The summed E-state index contributed by atoms with van der Waals surface area (Å²) in [5, 5.41) is 11.3. The van der Waals surface area contributed by atoms with Crippen LogP contribution in [0.25, 0.3) is 22.4 Å². The molecule has 12 nitrogen and oxygen atoms in total. The van der Waals surface area contributed by atoms with Gasteiger partial charge in [0, 0.05) is 50.7 Å². The minimum atomic E-state index is -0.286. The monoisotopic (exact) mass is 575 g/mol. The van der Waals surface area contributed by atoms with Crippen molar-refractivity contribution in [3.05, 3.63) is 59.5 Å². The molecular weight excluding hydrogens is 546 g/mol. The number of carbonyl (C=O) groups is 2. The van der Waals surface area contributed by atoms with E-state index in [1.165, 1.54) is 6.20 Å². The third-order valence-electron chi connectivity index (χ3n) is 7.44. The number of nitrogens with one attached hydrogen (secondary N) is 2. The second-order valence-corrected chi connectivity index (χ2v) is 10.4. The highest BCUT2D eigenvalue weighted by Gasteiger charge is 2.28. The number of hydrogen-bond acceptors (Lipinski definition) is 8. The maximum atomic E-state index is 13.0. The van der Waals surface area contributed by atoms with Crippen LogP contribution in [0, 0.1) is 0 Å². The third kappa shape index (κ3) is 5.66. The molecule has 2 saturated heterocycles. The average molecular weight is 576 g/mol. The quantitative estimate of drug-likeness (QED) is 0.345. The summed E-state index contributed by atoms with van der Waals surface area (Å²) in [7, 11) is 1.57. The summed E-state index contributed by atoms with van der Waals surface area (Å²) in [4.78, 5) is 42.8. The number of hydrogen-bond donors (Lipinski definition) is 2. The van der Waals surface area contributed by atoms with Crippen LogP contribution in [-0.4, -0.2) is 88.0 Å². The summed E-state index contributed by atoms with van der Waals surface area (Å²) < 4.78 is 7.57. The van der Waals surface area contributed by atoms with Gasteiger partial charge in [0.15, 0.2) is 11.5 Å². The van der Waals surface area contributed by atoms with Crippen molar-refractivity contribution in [2.75, 3.05) is 56.7 Å². The van der Waals surface area contributed by atoms with Gasteiger partial charge in [-0.3, -0.25) is 4.79 Å². The molecule has 2 aliphatic rings. The zero-order valence-corrected chi connectivity index (χ0v) is 23.3. The number of halogens is 1.